The smallest absolute Gasteiger partial charge is 0.387 e. The molecule has 1 aliphatic heterocycles. The number of nitrogens with zero attached hydrogens (tertiary/aromatic N) is 2. The van der Waals surface area contributed by atoms with Gasteiger partial charge in [-0.3, -0.25) is 9.59 Å². The first-order chi connectivity index (χ1) is 14.9. The highest BCUT2D eigenvalue weighted by molar-refractivity contribution is 5.94. The number of likely N-dealkylation sites (N-methyl/N-ethyl adjacent to an activating group) is 1. The van der Waals surface area contributed by atoms with Crippen molar-refractivity contribution >= 4 is 17.9 Å². The van der Waals surface area contributed by atoms with E-state index in [9.17, 15) is 18.4 Å². The Morgan fingerprint density at radius 3 is 2.42 bits per heavy atom. The van der Waals surface area contributed by atoms with E-state index in [2.05, 4.69) is 15.0 Å². The number of nitrogens with one attached hydrogen (secondary N) is 1. The van der Waals surface area contributed by atoms with Crippen LogP contribution in [0.25, 0.3) is 6.08 Å². The van der Waals surface area contributed by atoms with Gasteiger partial charge >= 0.3 is 6.61 Å². The number of piperazine rings is 1. The van der Waals surface area contributed by atoms with Crippen molar-refractivity contribution in [2.75, 3.05) is 33.2 Å². The minimum Gasteiger partial charge on any atom is -0.434 e. The van der Waals surface area contributed by atoms with Gasteiger partial charge in [-0.25, -0.2) is 0 Å². The van der Waals surface area contributed by atoms with Crippen LogP contribution in [0.4, 0.5) is 8.78 Å². The van der Waals surface area contributed by atoms with E-state index in [1.54, 1.807) is 42.5 Å². The number of alkyl halides is 2. The number of carbonyl (C=O) groups is 2. The highest BCUT2D eigenvalue weighted by Gasteiger charge is 2.20. The van der Waals surface area contributed by atoms with E-state index >= 15 is 0 Å². The molecule has 31 heavy (non-hydrogen) atoms. The van der Waals surface area contributed by atoms with Gasteiger partial charge in [0.05, 0.1) is 0 Å². The number of amides is 2. The normalized spacial score (nSPS) is 14.8. The van der Waals surface area contributed by atoms with Crippen LogP contribution in [0.3, 0.4) is 0 Å². The third kappa shape index (κ3) is 6.62. The maximum Gasteiger partial charge on any atom is 0.387 e. The summed E-state index contributed by atoms with van der Waals surface area (Å²) in [6, 6.07) is 13.4. The molecule has 0 aromatic heterocycles. The number of ether oxygens (including phenoxy) is 1. The molecule has 0 spiro atoms. The molecule has 1 fully saturated rings. The predicted octanol–water partition coefficient (Wildman–Crippen LogP) is 3.01. The Bertz CT molecular complexity index is 924. The van der Waals surface area contributed by atoms with Crippen molar-refractivity contribution < 1.29 is 23.1 Å². The summed E-state index contributed by atoms with van der Waals surface area (Å²) < 4.78 is 29.3. The summed E-state index contributed by atoms with van der Waals surface area (Å²) in [7, 11) is 2.04. The van der Waals surface area contributed by atoms with E-state index in [4.69, 9.17) is 0 Å². The van der Waals surface area contributed by atoms with E-state index in [-0.39, 0.29) is 24.1 Å². The molecule has 0 aliphatic carbocycles. The van der Waals surface area contributed by atoms with Crippen molar-refractivity contribution in [2.45, 2.75) is 13.2 Å². The summed E-state index contributed by atoms with van der Waals surface area (Å²) in [5.74, 6) is -0.358. The summed E-state index contributed by atoms with van der Waals surface area (Å²) in [5, 5.41) is 2.73. The molecule has 6 nitrogen and oxygen atoms in total. The molecule has 1 heterocycles. The number of hydrogen-bond donors (Lipinski definition) is 1. The number of benzene rings is 2. The van der Waals surface area contributed by atoms with Crippen LogP contribution < -0.4 is 10.1 Å². The van der Waals surface area contributed by atoms with Crippen LogP contribution in [0.1, 0.15) is 21.5 Å². The van der Waals surface area contributed by atoms with E-state index < -0.39 is 6.61 Å². The lowest BCUT2D eigenvalue weighted by atomic mass is 10.1. The van der Waals surface area contributed by atoms with Crippen LogP contribution in [-0.2, 0) is 11.3 Å². The number of carbonyl (C=O) groups excluding carboxylic acids is 2. The van der Waals surface area contributed by atoms with E-state index in [0.29, 0.717) is 24.2 Å². The highest BCUT2D eigenvalue weighted by atomic mass is 19.3. The van der Waals surface area contributed by atoms with Gasteiger partial charge in [-0.05, 0) is 36.9 Å². The first-order valence-corrected chi connectivity index (χ1v) is 9.99. The van der Waals surface area contributed by atoms with Crippen molar-refractivity contribution in [3.63, 3.8) is 0 Å². The Kier molecular flexibility index (Phi) is 7.72. The molecule has 2 aromatic rings. The molecule has 0 saturated carbocycles. The largest absolute Gasteiger partial charge is 0.434 e. The lowest BCUT2D eigenvalue weighted by molar-refractivity contribution is -0.116. The molecule has 0 unspecified atom stereocenters. The van der Waals surface area contributed by atoms with Gasteiger partial charge in [0.1, 0.15) is 5.75 Å². The van der Waals surface area contributed by atoms with Crippen LogP contribution in [0, 0.1) is 0 Å². The van der Waals surface area contributed by atoms with Crippen molar-refractivity contribution in [3.8, 4) is 5.75 Å². The van der Waals surface area contributed by atoms with Gasteiger partial charge in [0.2, 0.25) is 5.91 Å². The minimum atomic E-state index is -2.94. The topological polar surface area (TPSA) is 61.9 Å². The molecule has 3 rings (SSSR count). The fraction of sp³-hybridized carbons (Fsp3) is 0.304. The average Bonchev–Trinajstić information content (AvgIpc) is 2.77. The average molecular weight is 429 g/mol. The van der Waals surface area contributed by atoms with Gasteiger partial charge in [0, 0.05) is 49.9 Å². The third-order valence-electron chi connectivity index (χ3n) is 5.01. The molecule has 0 radical (unpaired) electrons. The molecular formula is C23H25F2N3O3. The Balaban J connectivity index is 1.52. The van der Waals surface area contributed by atoms with E-state index in [0.717, 1.165) is 18.7 Å². The molecule has 2 aromatic carbocycles. The molecule has 0 atom stereocenters. The molecule has 0 bridgehead atoms. The zero-order valence-electron chi connectivity index (χ0n) is 17.3. The Morgan fingerprint density at radius 2 is 1.74 bits per heavy atom. The first-order valence-electron chi connectivity index (χ1n) is 9.99. The fourth-order valence-corrected chi connectivity index (χ4v) is 3.19. The summed E-state index contributed by atoms with van der Waals surface area (Å²) in [5.41, 5.74) is 1.85. The van der Waals surface area contributed by atoms with Crippen molar-refractivity contribution in [3.05, 3.63) is 71.3 Å². The van der Waals surface area contributed by atoms with Crippen molar-refractivity contribution in [1.82, 2.24) is 15.1 Å². The van der Waals surface area contributed by atoms with Crippen LogP contribution in [-0.4, -0.2) is 61.5 Å². The summed E-state index contributed by atoms with van der Waals surface area (Å²) in [6.07, 6.45) is 2.68. The van der Waals surface area contributed by atoms with Crippen LogP contribution in [0.5, 0.6) is 5.75 Å². The molecular weight excluding hydrogens is 404 g/mol. The van der Waals surface area contributed by atoms with Crippen molar-refractivity contribution in [1.29, 1.82) is 0 Å². The van der Waals surface area contributed by atoms with Gasteiger partial charge in [-0.1, -0.05) is 30.3 Å². The number of hydrogen-bond acceptors (Lipinski definition) is 4. The fourth-order valence-electron chi connectivity index (χ4n) is 3.19. The van der Waals surface area contributed by atoms with Crippen LogP contribution >= 0.6 is 0 Å². The van der Waals surface area contributed by atoms with E-state index in [1.807, 2.05) is 11.9 Å². The second-order valence-corrected chi connectivity index (χ2v) is 7.26. The predicted molar refractivity (Wildman–Crippen MR) is 114 cm³/mol. The Labute approximate surface area is 180 Å². The van der Waals surface area contributed by atoms with E-state index in [1.165, 1.54) is 18.2 Å². The Hall–Kier alpha value is -3.26. The zero-order valence-corrected chi connectivity index (χ0v) is 17.3. The Morgan fingerprint density at radius 1 is 1.06 bits per heavy atom. The summed E-state index contributed by atoms with van der Waals surface area (Å²) in [4.78, 5) is 28.7. The minimum absolute atomic E-state index is 0.00200. The monoisotopic (exact) mass is 429 g/mol. The highest BCUT2D eigenvalue weighted by Crippen LogP contribution is 2.21. The quantitative estimate of drug-likeness (QED) is 0.688. The van der Waals surface area contributed by atoms with Crippen LogP contribution in [0.15, 0.2) is 54.6 Å². The number of rotatable bonds is 7. The zero-order chi connectivity index (χ0) is 22.2. The maximum absolute atomic E-state index is 12.6. The number of halogens is 2. The summed E-state index contributed by atoms with van der Waals surface area (Å²) >= 11 is 0. The second kappa shape index (κ2) is 10.7. The third-order valence-corrected chi connectivity index (χ3v) is 5.01. The molecule has 1 N–H and O–H groups in total. The second-order valence-electron chi connectivity index (χ2n) is 7.26. The lowest BCUT2D eigenvalue weighted by Crippen LogP contribution is -2.47. The number of para-hydroxylation sites is 1. The van der Waals surface area contributed by atoms with Gasteiger partial charge in [-0.15, -0.1) is 0 Å². The standard InChI is InChI=1S/C23H25F2N3O3/c1-27-12-14-28(15-13-27)22(30)19-8-6-17(7-9-19)16-26-21(29)11-10-18-4-2-3-5-20(18)31-23(24)25/h2-11,23H,12-16H2,1H3,(H,26,29). The maximum atomic E-state index is 12.6. The van der Waals surface area contributed by atoms with Gasteiger partial charge < -0.3 is 19.9 Å². The molecule has 164 valence electrons. The molecule has 2 amide bonds. The molecule has 1 aliphatic rings. The molecule has 8 heteroatoms. The van der Waals surface area contributed by atoms with Crippen LogP contribution in [0.2, 0.25) is 0 Å². The lowest BCUT2D eigenvalue weighted by Gasteiger charge is -2.32. The molecule has 1 saturated heterocycles. The van der Waals surface area contributed by atoms with Gasteiger partial charge in [0.15, 0.2) is 0 Å². The summed E-state index contributed by atoms with van der Waals surface area (Å²) in [6.45, 7) is 0.496. The van der Waals surface area contributed by atoms with Gasteiger partial charge in [-0.2, -0.15) is 8.78 Å². The van der Waals surface area contributed by atoms with Crippen molar-refractivity contribution in [2.24, 2.45) is 0 Å². The van der Waals surface area contributed by atoms with Gasteiger partial charge in [0.25, 0.3) is 5.91 Å². The SMILES string of the molecule is CN1CCN(C(=O)c2ccc(CNC(=O)C=Cc3ccccc3OC(F)F)cc2)CC1. The first kappa shape index (κ1) is 22.4.